The first-order chi connectivity index (χ1) is 7.74. The summed E-state index contributed by atoms with van der Waals surface area (Å²) in [6.07, 6.45) is 4.04. The fourth-order valence-corrected chi connectivity index (χ4v) is 3.89. The van der Waals surface area contributed by atoms with Crippen LogP contribution in [0.1, 0.15) is 32.6 Å². The molecule has 3 unspecified atom stereocenters. The summed E-state index contributed by atoms with van der Waals surface area (Å²) in [7, 11) is 0. The van der Waals surface area contributed by atoms with Crippen molar-refractivity contribution in [2.45, 2.75) is 50.4 Å². The average molecular weight is 245 g/mol. The number of aliphatic hydroxyl groups excluding tert-OH is 1. The quantitative estimate of drug-likeness (QED) is 0.785. The number of aliphatic hydroxyl groups is 1. The van der Waals surface area contributed by atoms with Crippen molar-refractivity contribution in [3.05, 3.63) is 0 Å². The second-order valence-corrected chi connectivity index (χ2v) is 6.10. The van der Waals surface area contributed by atoms with Gasteiger partial charge in [0.1, 0.15) is 0 Å². The highest BCUT2D eigenvalue weighted by atomic mass is 32.2. The normalized spacial score (nSPS) is 36.8. The second kappa shape index (κ2) is 5.71. The van der Waals surface area contributed by atoms with Gasteiger partial charge in [-0.2, -0.15) is 11.8 Å². The van der Waals surface area contributed by atoms with E-state index in [2.05, 4.69) is 5.32 Å². The number of rotatable bonds is 4. The monoisotopic (exact) mass is 245 g/mol. The van der Waals surface area contributed by atoms with E-state index in [1.54, 1.807) is 0 Å². The van der Waals surface area contributed by atoms with Crippen molar-refractivity contribution in [1.29, 1.82) is 0 Å². The largest absolute Gasteiger partial charge is 0.392 e. The number of hydrogen-bond donors (Lipinski definition) is 2. The maximum absolute atomic E-state index is 9.55. The summed E-state index contributed by atoms with van der Waals surface area (Å²) < 4.78 is 5.97. The lowest BCUT2D eigenvalue weighted by atomic mass is 9.90. The molecule has 2 fully saturated rings. The molecule has 2 heterocycles. The van der Waals surface area contributed by atoms with E-state index in [1.807, 2.05) is 18.7 Å². The molecule has 4 heteroatoms. The van der Waals surface area contributed by atoms with E-state index >= 15 is 0 Å². The van der Waals surface area contributed by atoms with Crippen LogP contribution < -0.4 is 5.32 Å². The Morgan fingerprint density at radius 1 is 1.62 bits per heavy atom. The van der Waals surface area contributed by atoms with Gasteiger partial charge in [0.15, 0.2) is 0 Å². The van der Waals surface area contributed by atoms with Gasteiger partial charge < -0.3 is 15.2 Å². The Hall–Kier alpha value is 0.230. The third-order valence-electron chi connectivity index (χ3n) is 3.67. The second-order valence-electron chi connectivity index (χ2n) is 4.99. The van der Waals surface area contributed by atoms with Crippen molar-refractivity contribution in [1.82, 2.24) is 5.32 Å². The topological polar surface area (TPSA) is 41.5 Å². The molecule has 0 radical (unpaired) electrons. The molecule has 16 heavy (non-hydrogen) atoms. The van der Waals surface area contributed by atoms with Gasteiger partial charge in [-0.05, 0) is 31.4 Å². The van der Waals surface area contributed by atoms with Gasteiger partial charge in [0.05, 0.1) is 11.7 Å². The SMILES string of the molecule is CCC(O)CNC1CCOC2(CCSC2)C1. The number of nitrogens with one attached hydrogen (secondary N) is 1. The minimum atomic E-state index is -0.197. The maximum Gasteiger partial charge on any atom is 0.0795 e. The maximum atomic E-state index is 9.55. The van der Waals surface area contributed by atoms with Gasteiger partial charge >= 0.3 is 0 Å². The zero-order valence-corrected chi connectivity index (χ0v) is 10.9. The van der Waals surface area contributed by atoms with Crippen LogP contribution in [0, 0.1) is 0 Å². The summed E-state index contributed by atoms with van der Waals surface area (Å²) in [6, 6.07) is 0.536. The Morgan fingerprint density at radius 3 is 3.19 bits per heavy atom. The van der Waals surface area contributed by atoms with Crippen LogP contribution >= 0.6 is 11.8 Å². The van der Waals surface area contributed by atoms with Crippen LogP contribution in [0.15, 0.2) is 0 Å². The molecule has 0 saturated carbocycles. The summed E-state index contributed by atoms with van der Waals surface area (Å²) in [4.78, 5) is 0. The lowest BCUT2D eigenvalue weighted by Gasteiger charge is -2.38. The molecule has 2 rings (SSSR count). The zero-order chi connectivity index (χ0) is 11.4. The molecular formula is C12H23NO2S. The van der Waals surface area contributed by atoms with E-state index in [1.165, 1.54) is 12.2 Å². The zero-order valence-electron chi connectivity index (χ0n) is 10.1. The van der Waals surface area contributed by atoms with Crippen LogP contribution in [-0.4, -0.2) is 47.5 Å². The molecule has 0 amide bonds. The van der Waals surface area contributed by atoms with Gasteiger partial charge in [-0.15, -0.1) is 0 Å². The van der Waals surface area contributed by atoms with Gasteiger partial charge in [-0.1, -0.05) is 6.92 Å². The summed E-state index contributed by atoms with van der Waals surface area (Å²) >= 11 is 2.01. The van der Waals surface area contributed by atoms with Crippen molar-refractivity contribution in [2.24, 2.45) is 0 Å². The van der Waals surface area contributed by atoms with Gasteiger partial charge in [0.25, 0.3) is 0 Å². The van der Waals surface area contributed by atoms with Crippen molar-refractivity contribution in [3.8, 4) is 0 Å². The van der Waals surface area contributed by atoms with Gasteiger partial charge in [-0.3, -0.25) is 0 Å². The molecule has 0 aliphatic carbocycles. The predicted molar refractivity (Wildman–Crippen MR) is 67.9 cm³/mol. The number of hydrogen-bond acceptors (Lipinski definition) is 4. The van der Waals surface area contributed by atoms with E-state index < -0.39 is 0 Å². The summed E-state index contributed by atoms with van der Waals surface area (Å²) in [5.41, 5.74) is 0.151. The van der Waals surface area contributed by atoms with Crippen molar-refractivity contribution >= 4 is 11.8 Å². The molecule has 2 aliphatic heterocycles. The third kappa shape index (κ3) is 3.13. The lowest BCUT2D eigenvalue weighted by molar-refractivity contribution is -0.0710. The molecule has 1 spiro atoms. The molecule has 0 aromatic rings. The van der Waals surface area contributed by atoms with Crippen molar-refractivity contribution < 1.29 is 9.84 Å². The first-order valence-electron chi connectivity index (χ1n) is 6.37. The van der Waals surface area contributed by atoms with E-state index in [-0.39, 0.29) is 11.7 Å². The van der Waals surface area contributed by atoms with Crippen molar-refractivity contribution in [3.63, 3.8) is 0 Å². The summed E-state index contributed by atoms with van der Waals surface area (Å²) in [5.74, 6) is 2.39. The van der Waals surface area contributed by atoms with Crippen LogP contribution in [0.4, 0.5) is 0 Å². The fraction of sp³-hybridized carbons (Fsp3) is 1.00. The fourth-order valence-electron chi connectivity index (χ4n) is 2.51. The highest BCUT2D eigenvalue weighted by Crippen LogP contribution is 2.38. The third-order valence-corrected chi connectivity index (χ3v) is 4.90. The number of thioether (sulfide) groups is 1. The van der Waals surface area contributed by atoms with Crippen molar-refractivity contribution in [2.75, 3.05) is 24.7 Å². The highest BCUT2D eigenvalue weighted by Gasteiger charge is 2.40. The summed E-state index contributed by atoms with van der Waals surface area (Å²) in [6.45, 7) is 3.62. The average Bonchev–Trinajstić information content (AvgIpc) is 2.74. The van der Waals surface area contributed by atoms with Crippen LogP contribution in [-0.2, 0) is 4.74 Å². The summed E-state index contributed by atoms with van der Waals surface area (Å²) in [5, 5.41) is 13.0. The minimum Gasteiger partial charge on any atom is -0.392 e. The van der Waals surface area contributed by atoms with Gasteiger partial charge in [0, 0.05) is 24.9 Å². The molecule has 3 nitrogen and oxygen atoms in total. The Balaban J connectivity index is 1.78. The molecule has 2 N–H and O–H groups in total. The number of ether oxygens (including phenoxy) is 1. The first kappa shape index (κ1) is 12.7. The molecule has 0 bridgehead atoms. The molecule has 2 aliphatic rings. The van der Waals surface area contributed by atoms with E-state index in [0.717, 1.165) is 38.2 Å². The van der Waals surface area contributed by atoms with Gasteiger partial charge in [-0.25, -0.2) is 0 Å². The molecule has 2 saturated heterocycles. The molecule has 3 atom stereocenters. The van der Waals surface area contributed by atoms with Crippen LogP contribution in [0.3, 0.4) is 0 Å². The molecular weight excluding hydrogens is 222 g/mol. The first-order valence-corrected chi connectivity index (χ1v) is 7.53. The highest BCUT2D eigenvalue weighted by molar-refractivity contribution is 7.99. The molecule has 0 aromatic heterocycles. The Morgan fingerprint density at radius 2 is 2.50 bits per heavy atom. The predicted octanol–water partition coefficient (Wildman–Crippen LogP) is 1.40. The van der Waals surface area contributed by atoms with E-state index in [9.17, 15) is 5.11 Å². The molecule has 94 valence electrons. The minimum absolute atomic E-state index is 0.151. The molecule has 0 aromatic carbocycles. The van der Waals surface area contributed by atoms with Gasteiger partial charge in [0.2, 0.25) is 0 Å². The van der Waals surface area contributed by atoms with Crippen LogP contribution in [0.25, 0.3) is 0 Å². The Labute approximate surface area is 102 Å². The van der Waals surface area contributed by atoms with Crippen LogP contribution in [0.5, 0.6) is 0 Å². The Kier molecular flexibility index (Phi) is 4.53. The standard InChI is InChI=1S/C12H23NO2S/c1-2-11(14)8-13-10-3-5-15-12(7-10)4-6-16-9-12/h10-11,13-14H,2-9H2,1H3. The van der Waals surface area contributed by atoms with E-state index in [0.29, 0.717) is 6.04 Å². The smallest absolute Gasteiger partial charge is 0.0795 e. The lowest BCUT2D eigenvalue weighted by Crippen LogP contribution is -2.48. The Bertz CT molecular complexity index is 219. The van der Waals surface area contributed by atoms with Crippen LogP contribution in [0.2, 0.25) is 0 Å². The van der Waals surface area contributed by atoms with E-state index in [4.69, 9.17) is 4.74 Å².